The third-order valence-corrected chi connectivity index (χ3v) is 4.04. The molecule has 0 atom stereocenters. The smallest absolute Gasteiger partial charge is 0.338 e. The number of anilines is 1. The first kappa shape index (κ1) is 16.1. The minimum Gasteiger partial charge on any atom is -0.454 e. The molecule has 0 radical (unpaired) electrons. The Morgan fingerprint density at radius 2 is 2.00 bits per heavy atom. The molecule has 0 unspecified atom stereocenters. The highest BCUT2D eigenvalue weighted by atomic mass is 79.9. The van der Waals surface area contributed by atoms with E-state index >= 15 is 0 Å². The number of esters is 1. The lowest BCUT2D eigenvalue weighted by atomic mass is 10.2. The van der Waals surface area contributed by atoms with Gasteiger partial charge < -0.3 is 10.5 Å². The van der Waals surface area contributed by atoms with E-state index in [2.05, 4.69) is 31.5 Å². The van der Waals surface area contributed by atoms with Gasteiger partial charge >= 0.3 is 5.97 Å². The molecular weight excluding hydrogens is 374 g/mol. The third-order valence-electron chi connectivity index (χ3n) is 3.35. The van der Waals surface area contributed by atoms with Gasteiger partial charge in [0, 0.05) is 10.2 Å². The minimum atomic E-state index is -0.468. The number of hydrogen-bond acceptors (Lipinski definition) is 6. The Bertz CT molecular complexity index is 851. The maximum absolute atomic E-state index is 12.1. The molecule has 0 aliphatic heterocycles. The molecular formula is C16H14BrN5O2. The van der Waals surface area contributed by atoms with Crippen LogP contribution in [0.5, 0.6) is 0 Å². The summed E-state index contributed by atoms with van der Waals surface area (Å²) in [6.45, 7) is 0.495. The zero-order valence-electron chi connectivity index (χ0n) is 12.6. The van der Waals surface area contributed by atoms with Crippen LogP contribution in [-0.4, -0.2) is 26.2 Å². The summed E-state index contributed by atoms with van der Waals surface area (Å²) in [7, 11) is 0. The number of halogens is 1. The van der Waals surface area contributed by atoms with Crippen LogP contribution in [0.15, 0.2) is 53.0 Å². The van der Waals surface area contributed by atoms with Crippen molar-refractivity contribution in [3.05, 3.63) is 70.0 Å². The summed E-state index contributed by atoms with van der Waals surface area (Å²) >= 11 is 3.28. The molecule has 0 aliphatic carbocycles. The summed E-state index contributed by atoms with van der Waals surface area (Å²) in [5, 5.41) is 11.5. The number of benzene rings is 2. The fourth-order valence-corrected chi connectivity index (χ4v) is 2.45. The summed E-state index contributed by atoms with van der Waals surface area (Å²) in [5.41, 5.74) is 7.71. The lowest BCUT2D eigenvalue weighted by Crippen LogP contribution is -2.12. The molecule has 3 aromatic rings. The number of tetrazole rings is 1. The monoisotopic (exact) mass is 387 g/mol. The van der Waals surface area contributed by atoms with E-state index in [1.807, 2.05) is 30.3 Å². The third kappa shape index (κ3) is 3.77. The van der Waals surface area contributed by atoms with Crippen LogP contribution in [-0.2, 0) is 17.9 Å². The second-order valence-corrected chi connectivity index (χ2v) is 5.91. The highest BCUT2D eigenvalue weighted by molar-refractivity contribution is 9.10. The van der Waals surface area contributed by atoms with Crippen molar-refractivity contribution in [3.63, 3.8) is 0 Å². The minimum absolute atomic E-state index is 0.0132. The van der Waals surface area contributed by atoms with Crippen molar-refractivity contribution in [2.24, 2.45) is 0 Å². The van der Waals surface area contributed by atoms with Crippen molar-refractivity contribution in [1.29, 1.82) is 0 Å². The van der Waals surface area contributed by atoms with Crippen molar-refractivity contribution in [2.75, 3.05) is 5.73 Å². The van der Waals surface area contributed by atoms with Crippen LogP contribution < -0.4 is 5.73 Å². The molecule has 24 heavy (non-hydrogen) atoms. The van der Waals surface area contributed by atoms with E-state index in [1.54, 1.807) is 22.9 Å². The number of nitrogen functional groups attached to an aromatic ring is 1. The largest absolute Gasteiger partial charge is 0.454 e. The summed E-state index contributed by atoms with van der Waals surface area (Å²) < 4.78 is 7.52. The average Bonchev–Trinajstić information content (AvgIpc) is 3.03. The molecule has 0 fully saturated rings. The van der Waals surface area contributed by atoms with Crippen molar-refractivity contribution in [1.82, 2.24) is 20.2 Å². The molecule has 8 heteroatoms. The van der Waals surface area contributed by atoms with Gasteiger partial charge in [-0.25, -0.2) is 9.48 Å². The summed E-state index contributed by atoms with van der Waals surface area (Å²) in [6, 6.07) is 14.6. The second-order valence-electron chi connectivity index (χ2n) is 5.05. The van der Waals surface area contributed by atoms with E-state index in [1.165, 1.54) is 0 Å². The lowest BCUT2D eigenvalue weighted by molar-refractivity contribution is 0.0457. The normalized spacial score (nSPS) is 10.5. The maximum Gasteiger partial charge on any atom is 0.338 e. The summed E-state index contributed by atoms with van der Waals surface area (Å²) in [6.07, 6.45) is 0. The molecule has 0 saturated carbocycles. The van der Waals surface area contributed by atoms with Gasteiger partial charge in [-0.05, 0) is 50.1 Å². The average molecular weight is 388 g/mol. The van der Waals surface area contributed by atoms with Crippen molar-refractivity contribution in [2.45, 2.75) is 13.2 Å². The molecule has 1 heterocycles. The fraction of sp³-hybridized carbons (Fsp3) is 0.125. The van der Waals surface area contributed by atoms with Gasteiger partial charge in [0.1, 0.15) is 0 Å². The van der Waals surface area contributed by atoms with Gasteiger partial charge in [-0.3, -0.25) is 0 Å². The Hall–Kier alpha value is -2.74. The predicted octanol–water partition coefficient (Wildman–Crippen LogP) is 2.42. The van der Waals surface area contributed by atoms with Crippen LogP contribution in [0.1, 0.15) is 21.7 Å². The number of nitrogens with zero attached hydrogens (tertiary/aromatic N) is 4. The van der Waals surface area contributed by atoms with Gasteiger partial charge in [0.2, 0.25) is 0 Å². The predicted molar refractivity (Wildman–Crippen MR) is 91.0 cm³/mol. The van der Waals surface area contributed by atoms with Crippen LogP contribution in [0.2, 0.25) is 0 Å². The van der Waals surface area contributed by atoms with Gasteiger partial charge in [-0.2, -0.15) is 0 Å². The second kappa shape index (κ2) is 7.22. The van der Waals surface area contributed by atoms with Crippen LogP contribution in [0.3, 0.4) is 0 Å². The quantitative estimate of drug-likeness (QED) is 0.533. The van der Waals surface area contributed by atoms with Crippen LogP contribution in [0, 0.1) is 0 Å². The van der Waals surface area contributed by atoms with Gasteiger partial charge in [-0.15, -0.1) is 5.10 Å². The standard InChI is InChI=1S/C16H14BrN5O2/c17-13-8-12(6-7-14(13)18)16(23)24-10-15-19-20-21-22(15)9-11-4-2-1-3-5-11/h1-8H,9-10,18H2. The lowest BCUT2D eigenvalue weighted by Gasteiger charge is -2.07. The molecule has 2 aromatic carbocycles. The molecule has 122 valence electrons. The topological polar surface area (TPSA) is 95.9 Å². The number of rotatable bonds is 5. The first-order valence-corrected chi connectivity index (χ1v) is 7.94. The Kier molecular flexibility index (Phi) is 4.85. The van der Waals surface area contributed by atoms with E-state index in [0.717, 1.165) is 5.56 Å². The van der Waals surface area contributed by atoms with Crippen molar-refractivity contribution in [3.8, 4) is 0 Å². The Morgan fingerprint density at radius 3 is 2.75 bits per heavy atom. The van der Waals surface area contributed by atoms with Crippen LogP contribution in [0.4, 0.5) is 5.69 Å². The Labute approximate surface area is 146 Å². The molecule has 0 spiro atoms. The molecule has 0 bridgehead atoms. The van der Waals surface area contributed by atoms with E-state index < -0.39 is 5.97 Å². The molecule has 7 nitrogen and oxygen atoms in total. The summed E-state index contributed by atoms with van der Waals surface area (Å²) in [4.78, 5) is 12.1. The van der Waals surface area contributed by atoms with Gasteiger partial charge in [0.05, 0.1) is 12.1 Å². The number of carbonyl (C=O) groups excluding carboxylic acids is 1. The molecule has 0 amide bonds. The maximum atomic E-state index is 12.1. The first-order valence-electron chi connectivity index (χ1n) is 7.14. The van der Waals surface area contributed by atoms with E-state index in [4.69, 9.17) is 10.5 Å². The SMILES string of the molecule is Nc1ccc(C(=O)OCc2nnnn2Cc2ccccc2)cc1Br. The Morgan fingerprint density at radius 1 is 1.21 bits per heavy atom. The van der Waals surface area contributed by atoms with Gasteiger partial charge in [-0.1, -0.05) is 30.3 Å². The van der Waals surface area contributed by atoms with Crippen molar-refractivity contribution < 1.29 is 9.53 Å². The highest BCUT2D eigenvalue weighted by Gasteiger charge is 2.13. The van der Waals surface area contributed by atoms with Crippen molar-refractivity contribution >= 4 is 27.6 Å². The van der Waals surface area contributed by atoms with Gasteiger partial charge in [0.15, 0.2) is 12.4 Å². The van der Waals surface area contributed by atoms with Crippen LogP contribution >= 0.6 is 15.9 Å². The van der Waals surface area contributed by atoms with E-state index in [-0.39, 0.29) is 6.61 Å². The number of aromatic nitrogens is 4. The zero-order valence-corrected chi connectivity index (χ0v) is 14.2. The zero-order chi connectivity index (χ0) is 16.9. The number of nitrogens with two attached hydrogens (primary N) is 1. The number of hydrogen-bond donors (Lipinski definition) is 1. The van der Waals surface area contributed by atoms with Gasteiger partial charge in [0.25, 0.3) is 0 Å². The molecule has 1 aromatic heterocycles. The van der Waals surface area contributed by atoms with E-state index in [9.17, 15) is 4.79 Å². The first-order chi connectivity index (χ1) is 11.6. The van der Waals surface area contributed by atoms with Crippen LogP contribution in [0.25, 0.3) is 0 Å². The Balaban J connectivity index is 1.66. The number of carbonyl (C=O) groups is 1. The molecule has 3 rings (SSSR count). The molecule has 0 saturated heterocycles. The van der Waals surface area contributed by atoms with E-state index in [0.29, 0.717) is 28.1 Å². The fourth-order valence-electron chi connectivity index (χ4n) is 2.07. The molecule has 0 aliphatic rings. The highest BCUT2D eigenvalue weighted by Crippen LogP contribution is 2.21. The molecule has 2 N–H and O–H groups in total. The number of ether oxygens (including phenoxy) is 1. The summed E-state index contributed by atoms with van der Waals surface area (Å²) in [5.74, 6) is 0.00618.